The van der Waals surface area contributed by atoms with Crippen molar-refractivity contribution in [2.24, 2.45) is 0 Å². The Kier molecular flexibility index (Phi) is 4.52. The van der Waals surface area contributed by atoms with Crippen LogP contribution in [0, 0.1) is 0 Å². The molecular weight excluding hydrogens is 230 g/mol. The minimum atomic E-state index is -0.0371. The topological polar surface area (TPSA) is 63.2 Å². The van der Waals surface area contributed by atoms with Crippen LogP contribution in [0.2, 0.25) is 0 Å². The van der Waals surface area contributed by atoms with Gasteiger partial charge in [-0.25, -0.2) is 4.98 Å². The van der Waals surface area contributed by atoms with Crippen molar-refractivity contribution in [2.45, 2.75) is 31.8 Å². The number of pyridine rings is 1. The standard InChI is InChI=1S/C13H19N3O2/c1-18-12-6-5-10(8-15-12)9-16-13(17)11-4-2-3-7-14-11/h5-6,8,11,14H,2-4,7,9H2,1H3,(H,16,17). The molecule has 1 aromatic heterocycles. The fourth-order valence-corrected chi connectivity index (χ4v) is 2.02. The van der Waals surface area contributed by atoms with Gasteiger partial charge in [-0.3, -0.25) is 4.79 Å². The van der Waals surface area contributed by atoms with E-state index < -0.39 is 0 Å². The zero-order chi connectivity index (χ0) is 12.8. The summed E-state index contributed by atoms with van der Waals surface area (Å²) in [5, 5.41) is 6.15. The van der Waals surface area contributed by atoms with Gasteiger partial charge in [0.1, 0.15) is 0 Å². The summed E-state index contributed by atoms with van der Waals surface area (Å²) in [6, 6.07) is 3.66. The van der Waals surface area contributed by atoms with Gasteiger partial charge in [0.25, 0.3) is 0 Å². The smallest absolute Gasteiger partial charge is 0.237 e. The lowest BCUT2D eigenvalue weighted by molar-refractivity contribution is -0.123. The Bertz CT molecular complexity index is 386. The molecule has 5 nitrogen and oxygen atoms in total. The third-order valence-corrected chi connectivity index (χ3v) is 3.10. The minimum Gasteiger partial charge on any atom is -0.481 e. The van der Waals surface area contributed by atoms with Gasteiger partial charge >= 0.3 is 0 Å². The second-order valence-corrected chi connectivity index (χ2v) is 4.43. The molecule has 2 rings (SSSR count). The van der Waals surface area contributed by atoms with Crippen LogP contribution in [0.5, 0.6) is 5.88 Å². The lowest BCUT2D eigenvalue weighted by Gasteiger charge is -2.22. The molecule has 1 aromatic rings. The van der Waals surface area contributed by atoms with Crippen molar-refractivity contribution in [3.8, 4) is 5.88 Å². The molecule has 1 atom stereocenters. The van der Waals surface area contributed by atoms with Crippen LogP contribution in [0.15, 0.2) is 18.3 Å². The molecule has 0 bridgehead atoms. The van der Waals surface area contributed by atoms with Crippen LogP contribution in [0.1, 0.15) is 24.8 Å². The number of piperidine rings is 1. The van der Waals surface area contributed by atoms with Crippen molar-refractivity contribution >= 4 is 5.91 Å². The maximum Gasteiger partial charge on any atom is 0.237 e. The van der Waals surface area contributed by atoms with Gasteiger partial charge in [0.05, 0.1) is 13.2 Å². The number of rotatable bonds is 4. The van der Waals surface area contributed by atoms with Gasteiger partial charge < -0.3 is 15.4 Å². The molecule has 0 spiro atoms. The summed E-state index contributed by atoms with van der Waals surface area (Å²) in [6.45, 7) is 1.44. The molecule has 1 fully saturated rings. The SMILES string of the molecule is COc1ccc(CNC(=O)C2CCCCN2)cn1. The average molecular weight is 249 g/mol. The highest BCUT2D eigenvalue weighted by Gasteiger charge is 2.19. The molecule has 5 heteroatoms. The maximum absolute atomic E-state index is 11.9. The summed E-state index contributed by atoms with van der Waals surface area (Å²) in [6.07, 6.45) is 4.92. The molecule has 1 aliphatic heterocycles. The number of ether oxygens (including phenoxy) is 1. The Morgan fingerprint density at radius 3 is 3.06 bits per heavy atom. The van der Waals surface area contributed by atoms with Crippen LogP contribution in [-0.2, 0) is 11.3 Å². The first-order chi connectivity index (χ1) is 8.79. The van der Waals surface area contributed by atoms with Crippen molar-refractivity contribution in [3.05, 3.63) is 23.9 Å². The van der Waals surface area contributed by atoms with Crippen LogP contribution in [-0.4, -0.2) is 30.6 Å². The molecule has 0 radical (unpaired) electrons. The molecule has 0 aromatic carbocycles. The predicted octanol–water partition coefficient (Wildman–Crippen LogP) is 0.848. The monoisotopic (exact) mass is 249 g/mol. The fourth-order valence-electron chi connectivity index (χ4n) is 2.02. The molecule has 1 aliphatic rings. The van der Waals surface area contributed by atoms with Gasteiger partial charge in [-0.15, -0.1) is 0 Å². The third-order valence-electron chi connectivity index (χ3n) is 3.10. The van der Waals surface area contributed by atoms with E-state index in [9.17, 15) is 4.79 Å². The maximum atomic E-state index is 11.9. The van der Waals surface area contributed by atoms with E-state index >= 15 is 0 Å². The number of nitrogens with one attached hydrogen (secondary N) is 2. The second-order valence-electron chi connectivity index (χ2n) is 4.43. The molecule has 1 unspecified atom stereocenters. The number of hydrogen-bond acceptors (Lipinski definition) is 4. The molecule has 1 saturated heterocycles. The largest absolute Gasteiger partial charge is 0.481 e. The zero-order valence-electron chi connectivity index (χ0n) is 10.6. The highest BCUT2D eigenvalue weighted by molar-refractivity contribution is 5.81. The fraction of sp³-hybridized carbons (Fsp3) is 0.538. The first-order valence-electron chi connectivity index (χ1n) is 6.29. The van der Waals surface area contributed by atoms with Gasteiger partial charge in [-0.1, -0.05) is 12.5 Å². The van der Waals surface area contributed by atoms with Gasteiger partial charge in [-0.2, -0.15) is 0 Å². The summed E-state index contributed by atoms with van der Waals surface area (Å²) in [5.74, 6) is 0.657. The van der Waals surface area contributed by atoms with Crippen molar-refractivity contribution in [1.29, 1.82) is 0 Å². The van der Waals surface area contributed by atoms with Crippen LogP contribution in [0.25, 0.3) is 0 Å². The quantitative estimate of drug-likeness (QED) is 0.830. The Morgan fingerprint density at radius 2 is 2.44 bits per heavy atom. The Morgan fingerprint density at radius 1 is 1.56 bits per heavy atom. The van der Waals surface area contributed by atoms with E-state index in [1.54, 1.807) is 19.4 Å². The van der Waals surface area contributed by atoms with Crippen molar-refractivity contribution in [1.82, 2.24) is 15.6 Å². The summed E-state index contributed by atoms with van der Waals surface area (Å²) >= 11 is 0. The summed E-state index contributed by atoms with van der Waals surface area (Å²) in [5.41, 5.74) is 0.972. The van der Waals surface area contributed by atoms with E-state index in [0.717, 1.165) is 31.4 Å². The minimum absolute atomic E-state index is 0.0371. The first-order valence-corrected chi connectivity index (χ1v) is 6.29. The van der Waals surface area contributed by atoms with Crippen LogP contribution < -0.4 is 15.4 Å². The molecule has 0 aliphatic carbocycles. The summed E-state index contributed by atoms with van der Waals surface area (Å²) < 4.78 is 4.98. The molecule has 1 amide bonds. The van der Waals surface area contributed by atoms with Crippen LogP contribution >= 0.6 is 0 Å². The van der Waals surface area contributed by atoms with Gasteiger partial charge in [-0.05, 0) is 24.9 Å². The van der Waals surface area contributed by atoms with Crippen molar-refractivity contribution in [2.75, 3.05) is 13.7 Å². The zero-order valence-corrected chi connectivity index (χ0v) is 10.6. The molecular formula is C13H19N3O2. The number of hydrogen-bond donors (Lipinski definition) is 2. The molecule has 18 heavy (non-hydrogen) atoms. The van der Waals surface area contributed by atoms with E-state index in [0.29, 0.717) is 12.4 Å². The van der Waals surface area contributed by atoms with E-state index in [-0.39, 0.29) is 11.9 Å². The molecule has 98 valence electrons. The van der Waals surface area contributed by atoms with Gasteiger partial charge in [0.2, 0.25) is 11.8 Å². The number of aromatic nitrogens is 1. The average Bonchev–Trinajstić information content (AvgIpc) is 2.46. The summed E-state index contributed by atoms with van der Waals surface area (Å²) in [4.78, 5) is 16.0. The van der Waals surface area contributed by atoms with Gasteiger partial charge in [0, 0.05) is 18.8 Å². The van der Waals surface area contributed by atoms with Crippen molar-refractivity contribution in [3.63, 3.8) is 0 Å². The normalized spacial score (nSPS) is 19.3. The second kappa shape index (κ2) is 6.35. The van der Waals surface area contributed by atoms with E-state index in [1.165, 1.54) is 0 Å². The number of carbonyl (C=O) groups is 1. The highest BCUT2D eigenvalue weighted by atomic mass is 16.5. The van der Waals surface area contributed by atoms with Crippen LogP contribution in [0.3, 0.4) is 0 Å². The molecule has 0 saturated carbocycles. The van der Waals surface area contributed by atoms with E-state index in [4.69, 9.17) is 4.74 Å². The highest BCUT2D eigenvalue weighted by Crippen LogP contribution is 2.08. The predicted molar refractivity (Wildman–Crippen MR) is 68.3 cm³/mol. The van der Waals surface area contributed by atoms with E-state index in [2.05, 4.69) is 15.6 Å². The lowest BCUT2D eigenvalue weighted by atomic mass is 10.0. The Balaban J connectivity index is 1.80. The number of methoxy groups -OCH3 is 1. The summed E-state index contributed by atoms with van der Waals surface area (Å²) in [7, 11) is 1.58. The number of carbonyl (C=O) groups excluding carboxylic acids is 1. The van der Waals surface area contributed by atoms with Crippen LogP contribution in [0.4, 0.5) is 0 Å². The van der Waals surface area contributed by atoms with E-state index in [1.807, 2.05) is 6.07 Å². The molecule has 2 N–H and O–H groups in total. The third kappa shape index (κ3) is 3.43. The Hall–Kier alpha value is -1.62. The lowest BCUT2D eigenvalue weighted by Crippen LogP contribution is -2.46. The van der Waals surface area contributed by atoms with Gasteiger partial charge in [0.15, 0.2) is 0 Å². The number of nitrogens with zero attached hydrogens (tertiary/aromatic N) is 1. The van der Waals surface area contributed by atoms with Crippen molar-refractivity contribution < 1.29 is 9.53 Å². The first kappa shape index (κ1) is 12.8. The number of amides is 1. The molecule has 2 heterocycles. The Labute approximate surface area is 107 Å².